The number of primary amides is 1. The highest BCUT2D eigenvalue weighted by Gasteiger charge is 2.32. The fourth-order valence-electron chi connectivity index (χ4n) is 3.39. The van der Waals surface area contributed by atoms with Crippen molar-refractivity contribution in [2.45, 2.75) is 50.8 Å². The van der Waals surface area contributed by atoms with Gasteiger partial charge in [0, 0.05) is 0 Å². The second-order valence-electron chi connectivity index (χ2n) is 7.59. The maximum Gasteiger partial charge on any atom is 0.416 e. The van der Waals surface area contributed by atoms with Crippen LogP contribution in [0, 0.1) is 0 Å². The Hall–Kier alpha value is -2.50. The molecule has 144 valence electrons. The number of halogens is 3. The highest BCUT2D eigenvalue weighted by atomic mass is 19.4. The summed E-state index contributed by atoms with van der Waals surface area (Å²) in [7, 11) is 0. The van der Waals surface area contributed by atoms with Crippen LogP contribution in [0.4, 0.5) is 13.2 Å². The Balaban J connectivity index is 1.87. The average Bonchev–Trinajstić information content (AvgIpc) is 2.58. The van der Waals surface area contributed by atoms with Crippen LogP contribution in [0.15, 0.2) is 42.5 Å². The molecule has 0 radical (unpaired) electrons. The standard InChI is InChI=1S/C21H22F3NO2/c1-20(2)9-8-15-10-13(6-7-18(15)27-20)11-17(19(25)26)14-4-3-5-16(12-14)21(22,23)24/h3-7,10,12,17H,8-9,11H2,1-2H3,(H2,25,26). The van der Waals surface area contributed by atoms with Gasteiger partial charge in [0.1, 0.15) is 11.4 Å². The predicted octanol–water partition coefficient (Wildman–Crippen LogP) is 4.62. The largest absolute Gasteiger partial charge is 0.488 e. The number of carbonyl (C=O) groups excluding carboxylic acids is 1. The minimum Gasteiger partial charge on any atom is -0.488 e. The third-order valence-corrected chi connectivity index (χ3v) is 4.91. The van der Waals surface area contributed by atoms with E-state index in [4.69, 9.17) is 10.5 Å². The highest BCUT2D eigenvalue weighted by molar-refractivity contribution is 5.82. The third kappa shape index (κ3) is 4.43. The van der Waals surface area contributed by atoms with E-state index in [0.717, 1.165) is 41.9 Å². The molecule has 1 amide bonds. The van der Waals surface area contributed by atoms with Crippen LogP contribution in [0.1, 0.15) is 48.4 Å². The van der Waals surface area contributed by atoms with E-state index in [-0.39, 0.29) is 17.6 Å². The van der Waals surface area contributed by atoms with E-state index in [9.17, 15) is 18.0 Å². The molecular formula is C21H22F3NO2. The first-order valence-corrected chi connectivity index (χ1v) is 8.82. The normalized spacial score (nSPS) is 16.9. The molecule has 1 unspecified atom stereocenters. The van der Waals surface area contributed by atoms with Gasteiger partial charge in [-0.2, -0.15) is 13.2 Å². The van der Waals surface area contributed by atoms with Gasteiger partial charge in [-0.3, -0.25) is 4.79 Å². The molecule has 3 rings (SSSR count). The zero-order valence-corrected chi connectivity index (χ0v) is 15.3. The van der Waals surface area contributed by atoms with Gasteiger partial charge in [-0.25, -0.2) is 0 Å². The van der Waals surface area contributed by atoms with Crippen molar-refractivity contribution >= 4 is 5.91 Å². The molecule has 0 aromatic heterocycles. The van der Waals surface area contributed by atoms with Crippen LogP contribution in [0.5, 0.6) is 5.75 Å². The van der Waals surface area contributed by atoms with Crippen molar-refractivity contribution in [2.75, 3.05) is 0 Å². The van der Waals surface area contributed by atoms with E-state index in [2.05, 4.69) is 0 Å². The monoisotopic (exact) mass is 377 g/mol. The van der Waals surface area contributed by atoms with Crippen molar-refractivity contribution in [1.29, 1.82) is 0 Å². The lowest BCUT2D eigenvalue weighted by molar-refractivity contribution is -0.137. The molecular weight excluding hydrogens is 355 g/mol. The summed E-state index contributed by atoms with van der Waals surface area (Å²) < 4.78 is 44.9. The van der Waals surface area contributed by atoms with Crippen LogP contribution in [0.2, 0.25) is 0 Å². The number of fused-ring (bicyclic) bond motifs is 1. The average molecular weight is 377 g/mol. The molecule has 0 fully saturated rings. The third-order valence-electron chi connectivity index (χ3n) is 4.91. The predicted molar refractivity (Wildman–Crippen MR) is 96.6 cm³/mol. The van der Waals surface area contributed by atoms with Crippen molar-refractivity contribution in [3.8, 4) is 5.75 Å². The lowest BCUT2D eigenvalue weighted by Gasteiger charge is -2.32. The second-order valence-corrected chi connectivity index (χ2v) is 7.59. The topological polar surface area (TPSA) is 52.3 Å². The van der Waals surface area contributed by atoms with Crippen LogP contribution in [-0.4, -0.2) is 11.5 Å². The van der Waals surface area contributed by atoms with Gasteiger partial charge in [0.15, 0.2) is 0 Å². The first kappa shape index (κ1) is 19.3. The van der Waals surface area contributed by atoms with E-state index >= 15 is 0 Å². The number of carbonyl (C=O) groups is 1. The fraction of sp³-hybridized carbons (Fsp3) is 0.381. The van der Waals surface area contributed by atoms with Crippen LogP contribution >= 0.6 is 0 Å². The van der Waals surface area contributed by atoms with Crippen molar-refractivity contribution in [3.63, 3.8) is 0 Å². The summed E-state index contributed by atoms with van der Waals surface area (Å²) in [5, 5.41) is 0. The van der Waals surface area contributed by atoms with E-state index in [1.54, 1.807) is 0 Å². The van der Waals surface area contributed by atoms with Crippen molar-refractivity contribution in [1.82, 2.24) is 0 Å². The summed E-state index contributed by atoms with van der Waals surface area (Å²) >= 11 is 0. The van der Waals surface area contributed by atoms with Crippen LogP contribution in [-0.2, 0) is 23.8 Å². The molecule has 1 heterocycles. The summed E-state index contributed by atoms with van der Waals surface area (Å²) in [5.74, 6) is -0.666. The molecule has 2 aromatic carbocycles. The van der Waals surface area contributed by atoms with E-state index in [1.165, 1.54) is 12.1 Å². The zero-order chi connectivity index (χ0) is 19.8. The van der Waals surface area contributed by atoms with Crippen LogP contribution in [0.25, 0.3) is 0 Å². The van der Waals surface area contributed by atoms with E-state index in [0.29, 0.717) is 0 Å². The van der Waals surface area contributed by atoms with Gasteiger partial charge in [0.25, 0.3) is 0 Å². The number of nitrogens with two attached hydrogens (primary N) is 1. The van der Waals surface area contributed by atoms with Gasteiger partial charge in [-0.1, -0.05) is 30.3 Å². The number of rotatable bonds is 4. The minimum absolute atomic E-state index is 0.220. The Morgan fingerprint density at radius 2 is 1.96 bits per heavy atom. The minimum atomic E-state index is -4.46. The maximum absolute atomic E-state index is 13.0. The number of hydrogen-bond acceptors (Lipinski definition) is 2. The van der Waals surface area contributed by atoms with E-state index < -0.39 is 23.6 Å². The van der Waals surface area contributed by atoms with Gasteiger partial charge in [-0.05, 0) is 61.9 Å². The molecule has 3 nitrogen and oxygen atoms in total. The van der Waals surface area contributed by atoms with Crippen LogP contribution in [0.3, 0.4) is 0 Å². The molecule has 0 bridgehead atoms. The Labute approximate surface area is 156 Å². The Kier molecular flexibility index (Phi) is 4.93. The summed E-state index contributed by atoms with van der Waals surface area (Å²) in [6.07, 6.45) is -2.50. The van der Waals surface area contributed by atoms with Gasteiger partial charge in [-0.15, -0.1) is 0 Å². The quantitative estimate of drug-likeness (QED) is 0.845. The second kappa shape index (κ2) is 6.91. The molecule has 1 aliphatic rings. The molecule has 0 saturated heterocycles. The number of hydrogen-bond donors (Lipinski definition) is 1. The highest BCUT2D eigenvalue weighted by Crippen LogP contribution is 2.35. The molecule has 0 spiro atoms. The number of benzene rings is 2. The van der Waals surface area contributed by atoms with Crippen LogP contribution < -0.4 is 10.5 Å². The Bertz CT molecular complexity index is 859. The Morgan fingerprint density at radius 1 is 1.22 bits per heavy atom. The SMILES string of the molecule is CC1(C)CCc2cc(CC(C(N)=O)c3cccc(C(F)(F)F)c3)ccc2O1. The van der Waals surface area contributed by atoms with Crippen molar-refractivity contribution < 1.29 is 22.7 Å². The molecule has 2 aromatic rings. The summed E-state index contributed by atoms with van der Waals surface area (Å²) in [5.41, 5.74) is 6.66. The first-order chi connectivity index (χ1) is 12.5. The lowest BCUT2D eigenvalue weighted by atomic mass is 9.88. The molecule has 0 aliphatic carbocycles. The molecule has 27 heavy (non-hydrogen) atoms. The number of ether oxygens (including phenoxy) is 1. The summed E-state index contributed by atoms with van der Waals surface area (Å²) in [4.78, 5) is 12.0. The number of amides is 1. The van der Waals surface area contributed by atoms with Gasteiger partial charge >= 0.3 is 6.18 Å². The summed E-state index contributed by atoms with van der Waals surface area (Å²) in [6.45, 7) is 4.06. The molecule has 1 aliphatic heterocycles. The zero-order valence-electron chi connectivity index (χ0n) is 15.3. The van der Waals surface area contributed by atoms with Gasteiger partial charge in [0.2, 0.25) is 5.91 Å². The maximum atomic E-state index is 13.0. The van der Waals surface area contributed by atoms with E-state index in [1.807, 2.05) is 32.0 Å². The molecule has 2 N–H and O–H groups in total. The van der Waals surface area contributed by atoms with Crippen molar-refractivity contribution in [3.05, 3.63) is 64.7 Å². The first-order valence-electron chi connectivity index (χ1n) is 8.82. The van der Waals surface area contributed by atoms with Crippen molar-refractivity contribution in [2.24, 2.45) is 5.73 Å². The summed E-state index contributed by atoms with van der Waals surface area (Å²) in [6, 6.07) is 10.4. The molecule has 1 atom stereocenters. The number of alkyl halides is 3. The van der Waals surface area contributed by atoms with Gasteiger partial charge in [0.05, 0.1) is 11.5 Å². The lowest BCUT2D eigenvalue weighted by Crippen LogP contribution is -2.32. The molecule has 0 saturated carbocycles. The smallest absolute Gasteiger partial charge is 0.416 e. The molecule has 6 heteroatoms. The van der Waals surface area contributed by atoms with Gasteiger partial charge < -0.3 is 10.5 Å². The Morgan fingerprint density at radius 3 is 2.63 bits per heavy atom. The number of aryl methyl sites for hydroxylation is 1. The fourth-order valence-corrected chi connectivity index (χ4v) is 3.39.